The second-order valence-electron chi connectivity index (χ2n) is 4.69. The molecule has 92 valence electrons. The topological polar surface area (TPSA) is 21.7 Å². The number of nitrogens with zero attached hydrogens (tertiary/aromatic N) is 1. The van der Waals surface area contributed by atoms with Crippen molar-refractivity contribution in [2.75, 3.05) is 26.3 Å². The molecule has 3 rings (SSSR count). The lowest BCUT2D eigenvalue weighted by molar-refractivity contribution is 0.170. The van der Waals surface area contributed by atoms with E-state index in [1.807, 2.05) is 0 Å². The average Bonchev–Trinajstić information content (AvgIpc) is 2.86. The van der Waals surface area contributed by atoms with E-state index in [9.17, 15) is 0 Å². The van der Waals surface area contributed by atoms with Crippen LogP contribution in [0.3, 0.4) is 0 Å². The summed E-state index contributed by atoms with van der Waals surface area (Å²) in [5.74, 6) is 1.80. The molecule has 2 heterocycles. The van der Waals surface area contributed by atoms with Crippen LogP contribution in [0.5, 0.6) is 11.5 Å². The largest absolute Gasteiger partial charge is 0.486 e. The molecule has 1 aromatic rings. The minimum atomic E-state index is 0.566. The molecule has 3 nitrogen and oxygen atoms in total. The molecular weight excluding hydrogens is 214 g/mol. The van der Waals surface area contributed by atoms with Gasteiger partial charge in [-0.2, -0.15) is 0 Å². The highest BCUT2D eigenvalue weighted by atomic mass is 16.6. The van der Waals surface area contributed by atoms with Crippen LogP contribution in [0.2, 0.25) is 0 Å². The standard InChI is InChI=1S/C14H19NO2/c1-2-15-7-3-4-12(15)11-5-6-13-14(10-11)17-9-8-16-13/h5-6,10,12H,2-4,7-9H2,1H3. The van der Waals surface area contributed by atoms with Crippen molar-refractivity contribution in [3.05, 3.63) is 23.8 Å². The van der Waals surface area contributed by atoms with E-state index < -0.39 is 0 Å². The predicted octanol–water partition coefficient (Wildman–Crippen LogP) is 2.61. The van der Waals surface area contributed by atoms with Gasteiger partial charge in [0, 0.05) is 6.04 Å². The Balaban J connectivity index is 1.88. The molecule has 0 aliphatic carbocycles. The molecule has 0 aromatic heterocycles. The van der Waals surface area contributed by atoms with Crippen LogP contribution in [0.15, 0.2) is 18.2 Å². The summed E-state index contributed by atoms with van der Waals surface area (Å²) in [7, 11) is 0. The van der Waals surface area contributed by atoms with E-state index in [0.29, 0.717) is 19.3 Å². The zero-order chi connectivity index (χ0) is 11.7. The molecule has 0 amide bonds. The van der Waals surface area contributed by atoms with Crippen molar-refractivity contribution in [2.45, 2.75) is 25.8 Å². The first-order valence-corrected chi connectivity index (χ1v) is 6.52. The van der Waals surface area contributed by atoms with Crippen molar-refractivity contribution in [3.63, 3.8) is 0 Å². The maximum atomic E-state index is 5.65. The van der Waals surface area contributed by atoms with Gasteiger partial charge in [-0.25, -0.2) is 0 Å². The minimum absolute atomic E-state index is 0.566. The molecule has 2 aliphatic heterocycles. The second-order valence-corrected chi connectivity index (χ2v) is 4.69. The molecule has 0 bridgehead atoms. The van der Waals surface area contributed by atoms with Gasteiger partial charge in [0.05, 0.1) is 0 Å². The van der Waals surface area contributed by atoms with E-state index in [1.165, 1.54) is 24.9 Å². The van der Waals surface area contributed by atoms with Crippen molar-refractivity contribution in [1.29, 1.82) is 0 Å². The molecule has 1 atom stereocenters. The van der Waals surface area contributed by atoms with Gasteiger partial charge in [-0.15, -0.1) is 0 Å². The van der Waals surface area contributed by atoms with Gasteiger partial charge in [0.15, 0.2) is 11.5 Å². The summed E-state index contributed by atoms with van der Waals surface area (Å²) in [5, 5.41) is 0. The van der Waals surface area contributed by atoms with Crippen molar-refractivity contribution in [3.8, 4) is 11.5 Å². The predicted molar refractivity (Wildman–Crippen MR) is 66.7 cm³/mol. The zero-order valence-electron chi connectivity index (χ0n) is 10.3. The number of hydrogen-bond acceptors (Lipinski definition) is 3. The average molecular weight is 233 g/mol. The molecule has 0 N–H and O–H groups in total. The lowest BCUT2D eigenvalue weighted by Gasteiger charge is -2.25. The highest BCUT2D eigenvalue weighted by Crippen LogP contribution is 2.37. The molecule has 0 spiro atoms. The van der Waals surface area contributed by atoms with Gasteiger partial charge in [0.2, 0.25) is 0 Å². The van der Waals surface area contributed by atoms with Crippen molar-refractivity contribution < 1.29 is 9.47 Å². The van der Waals surface area contributed by atoms with E-state index in [4.69, 9.17) is 9.47 Å². The maximum absolute atomic E-state index is 5.65. The Kier molecular flexibility index (Phi) is 2.93. The lowest BCUT2D eigenvalue weighted by Crippen LogP contribution is -2.23. The first-order valence-electron chi connectivity index (χ1n) is 6.52. The monoisotopic (exact) mass is 233 g/mol. The van der Waals surface area contributed by atoms with E-state index >= 15 is 0 Å². The number of benzene rings is 1. The zero-order valence-corrected chi connectivity index (χ0v) is 10.3. The van der Waals surface area contributed by atoms with Gasteiger partial charge in [0.1, 0.15) is 13.2 Å². The molecule has 1 unspecified atom stereocenters. The molecule has 0 radical (unpaired) electrons. The maximum Gasteiger partial charge on any atom is 0.161 e. The first-order chi connectivity index (χ1) is 8.38. The number of hydrogen-bond donors (Lipinski definition) is 0. The summed E-state index contributed by atoms with van der Waals surface area (Å²) < 4.78 is 11.2. The van der Waals surface area contributed by atoms with Crippen LogP contribution in [-0.2, 0) is 0 Å². The lowest BCUT2D eigenvalue weighted by atomic mass is 10.0. The summed E-state index contributed by atoms with van der Waals surface area (Å²) in [6.07, 6.45) is 2.56. The second kappa shape index (κ2) is 4.57. The normalized spacial score (nSPS) is 23.9. The van der Waals surface area contributed by atoms with Crippen LogP contribution in [0, 0.1) is 0 Å². The van der Waals surface area contributed by atoms with Gasteiger partial charge in [-0.3, -0.25) is 4.90 Å². The summed E-state index contributed by atoms with van der Waals surface area (Å²) >= 11 is 0. The molecule has 0 saturated carbocycles. The van der Waals surface area contributed by atoms with Crippen molar-refractivity contribution >= 4 is 0 Å². The van der Waals surface area contributed by atoms with Gasteiger partial charge >= 0.3 is 0 Å². The Morgan fingerprint density at radius 2 is 2.06 bits per heavy atom. The molecule has 17 heavy (non-hydrogen) atoms. The Bertz CT molecular complexity index is 405. The highest BCUT2D eigenvalue weighted by Gasteiger charge is 2.25. The SMILES string of the molecule is CCN1CCCC1c1ccc2c(c1)OCCO2. The molecular formula is C14H19NO2. The van der Waals surface area contributed by atoms with Gasteiger partial charge in [-0.05, 0) is 43.6 Å². The summed E-state index contributed by atoms with van der Waals surface area (Å²) in [6.45, 7) is 5.90. The van der Waals surface area contributed by atoms with Crippen LogP contribution in [-0.4, -0.2) is 31.2 Å². The highest BCUT2D eigenvalue weighted by molar-refractivity contribution is 5.44. The van der Waals surface area contributed by atoms with Crippen LogP contribution in [0.1, 0.15) is 31.4 Å². The van der Waals surface area contributed by atoms with Gasteiger partial charge < -0.3 is 9.47 Å². The first kappa shape index (κ1) is 10.9. The van der Waals surface area contributed by atoms with Crippen LogP contribution in [0.25, 0.3) is 0 Å². The van der Waals surface area contributed by atoms with Crippen LogP contribution >= 0.6 is 0 Å². The number of ether oxygens (including phenoxy) is 2. The van der Waals surface area contributed by atoms with Gasteiger partial charge in [0.25, 0.3) is 0 Å². The van der Waals surface area contributed by atoms with E-state index in [0.717, 1.165) is 18.0 Å². The fourth-order valence-corrected chi connectivity index (χ4v) is 2.85. The third-order valence-corrected chi connectivity index (χ3v) is 3.72. The minimum Gasteiger partial charge on any atom is -0.486 e. The van der Waals surface area contributed by atoms with Crippen molar-refractivity contribution in [2.24, 2.45) is 0 Å². The Labute approximate surface area is 102 Å². The summed E-state index contributed by atoms with van der Waals surface area (Å²) in [5.41, 5.74) is 1.37. The number of fused-ring (bicyclic) bond motifs is 1. The summed E-state index contributed by atoms with van der Waals surface area (Å²) in [4.78, 5) is 2.53. The Morgan fingerprint density at radius 1 is 1.24 bits per heavy atom. The number of rotatable bonds is 2. The number of likely N-dealkylation sites (tertiary alicyclic amines) is 1. The quantitative estimate of drug-likeness (QED) is 0.783. The van der Waals surface area contributed by atoms with Gasteiger partial charge in [-0.1, -0.05) is 13.0 Å². The molecule has 1 saturated heterocycles. The molecule has 1 aromatic carbocycles. The van der Waals surface area contributed by atoms with Crippen LogP contribution in [0.4, 0.5) is 0 Å². The third kappa shape index (κ3) is 2.00. The van der Waals surface area contributed by atoms with E-state index in [1.54, 1.807) is 0 Å². The van der Waals surface area contributed by atoms with E-state index in [-0.39, 0.29) is 0 Å². The van der Waals surface area contributed by atoms with Crippen molar-refractivity contribution in [1.82, 2.24) is 4.90 Å². The Morgan fingerprint density at radius 3 is 2.88 bits per heavy atom. The van der Waals surface area contributed by atoms with Crippen LogP contribution < -0.4 is 9.47 Å². The molecule has 1 fully saturated rings. The molecule has 3 heteroatoms. The fourth-order valence-electron chi connectivity index (χ4n) is 2.85. The summed E-state index contributed by atoms with van der Waals surface area (Å²) in [6, 6.07) is 6.96. The molecule has 2 aliphatic rings. The third-order valence-electron chi connectivity index (χ3n) is 3.72. The van der Waals surface area contributed by atoms with E-state index in [2.05, 4.69) is 30.0 Å². The smallest absolute Gasteiger partial charge is 0.161 e. The fraction of sp³-hybridized carbons (Fsp3) is 0.571. The Hall–Kier alpha value is -1.22.